The van der Waals surface area contributed by atoms with Crippen molar-refractivity contribution in [1.29, 1.82) is 0 Å². The fourth-order valence-electron chi connectivity index (χ4n) is 1.44. The van der Waals surface area contributed by atoms with Gasteiger partial charge in [0.2, 0.25) is 0 Å². The molecule has 0 fully saturated rings. The molecule has 2 aromatic rings. The molecular weight excluding hydrogens is 324 g/mol. The number of benzene rings is 1. The highest BCUT2D eigenvalue weighted by Gasteiger charge is 2.21. The van der Waals surface area contributed by atoms with Crippen molar-refractivity contribution < 1.29 is 14.8 Å². The fourth-order valence-corrected chi connectivity index (χ4v) is 3.80. The van der Waals surface area contributed by atoms with E-state index in [1.165, 1.54) is 18.2 Å². The highest BCUT2D eigenvalue weighted by atomic mass is 35.5. The van der Waals surface area contributed by atoms with Gasteiger partial charge in [-0.1, -0.05) is 29.4 Å². The van der Waals surface area contributed by atoms with E-state index >= 15 is 0 Å². The van der Waals surface area contributed by atoms with E-state index in [4.69, 9.17) is 16.7 Å². The number of hydrogen-bond donors (Lipinski definition) is 1. The number of hydrogen-bond acceptors (Lipinski definition) is 6. The van der Waals surface area contributed by atoms with Crippen molar-refractivity contribution in [2.75, 3.05) is 0 Å². The lowest BCUT2D eigenvalue weighted by Crippen LogP contribution is -1.94. The molecule has 0 bridgehead atoms. The van der Waals surface area contributed by atoms with E-state index in [9.17, 15) is 14.9 Å². The Morgan fingerprint density at radius 2 is 2.25 bits per heavy atom. The molecule has 1 aromatic carbocycles. The first-order valence-electron chi connectivity index (χ1n) is 5.21. The lowest BCUT2D eigenvalue weighted by molar-refractivity contribution is -0.387. The maximum Gasteiger partial charge on any atom is 0.347 e. The van der Waals surface area contributed by atoms with Gasteiger partial charge in [0, 0.05) is 6.07 Å². The molecule has 0 aliphatic heterocycles. The second kappa shape index (κ2) is 5.78. The molecule has 1 heterocycles. The molecule has 104 valence electrons. The quantitative estimate of drug-likeness (QED) is 0.675. The van der Waals surface area contributed by atoms with Gasteiger partial charge in [0.1, 0.15) is 9.77 Å². The van der Waals surface area contributed by atoms with Crippen molar-refractivity contribution in [3.05, 3.63) is 43.9 Å². The summed E-state index contributed by atoms with van der Waals surface area (Å²) in [4.78, 5) is 25.8. The molecule has 0 saturated heterocycles. The number of nitro benzene ring substituents is 1. The zero-order valence-corrected chi connectivity index (χ0v) is 12.4. The van der Waals surface area contributed by atoms with Crippen LogP contribution in [0.3, 0.4) is 0 Å². The Bertz CT molecular complexity index is 702. The van der Waals surface area contributed by atoms with E-state index < -0.39 is 10.9 Å². The maximum absolute atomic E-state index is 11.0. The Hall–Kier alpha value is -1.64. The highest BCUT2D eigenvalue weighted by molar-refractivity contribution is 8.01. The topological polar surface area (TPSA) is 93.3 Å². The van der Waals surface area contributed by atoms with Crippen molar-refractivity contribution in [3.63, 3.8) is 0 Å². The molecule has 0 radical (unpaired) electrons. The van der Waals surface area contributed by atoms with Crippen LogP contribution in [0.2, 0.25) is 5.02 Å². The van der Waals surface area contributed by atoms with Gasteiger partial charge in [-0.15, -0.1) is 11.3 Å². The number of carbonyl (C=O) groups is 1. The second-order valence-corrected chi connectivity index (χ2v) is 6.31. The number of rotatable bonds is 4. The third-order valence-corrected chi connectivity index (χ3v) is 5.07. The summed E-state index contributed by atoms with van der Waals surface area (Å²) in [5, 5.41) is 20.2. The lowest BCUT2D eigenvalue weighted by atomic mass is 10.3. The summed E-state index contributed by atoms with van der Waals surface area (Å²) in [6.45, 7) is 1.57. The molecule has 0 saturated carbocycles. The van der Waals surface area contributed by atoms with Crippen LogP contribution in [0, 0.1) is 17.0 Å². The van der Waals surface area contributed by atoms with Crippen LogP contribution in [-0.2, 0) is 0 Å². The summed E-state index contributed by atoms with van der Waals surface area (Å²) < 4.78 is 0.399. The van der Waals surface area contributed by atoms with E-state index in [1.807, 2.05) is 0 Å². The molecule has 0 aliphatic rings. The summed E-state index contributed by atoms with van der Waals surface area (Å²) in [6.07, 6.45) is 0. The molecule has 1 N–H and O–H groups in total. The second-order valence-electron chi connectivity index (χ2n) is 3.65. The van der Waals surface area contributed by atoms with Gasteiger partial charge in [-0.3, -0.25) is 10.1 Å². The Kier molecular flexibility index (Phi) is 4.26. The van der Waals surface area contributed by atoms with E-state index in [-0.39, 0.29) is 20.5 Å². The van der Waals surface area contributed by atoms with Crippen LogP contribution >= 0.6 is 34.7 Å². The molecule has 1 aromatic heterocycles. The molecule has 0 unspecified atom stereocenters. The maximum atomic E-state index is 11.0. The molecular formula is C11H7ClN2O4S2. The third-order valence-electron chi connectivity index (χ3n) is 2.30. The number of halogens is 1. The minimum Gasteiger partial charge on any atom is -0.477 e. The Labute approximate surface area is 126 Å². The van der Waals surface area contributed by atoms with E-state index in [2.05, 4.69) is 4.98 Å². The molecule has 9 heteroatoms. The summed E-state index contributed by atoms with van der Waals surface area (Å²) in [6, 6.07) is 4.36. The normalized spacial score (nSPS) is 10.5. The number of thiazole rings is 1. The number of carboxylic acid groups (broad SMARTS) is 1. The zero-order chi connectivity index (χ0) is 14.9. The first-order valence-corrected chi connectivity index (χ1v) is 7.22. The standard InChI is InChI=1S/C11H7ClN2O4S2/c1-5-8(10(15)16)19-11(13-5)20-9-6(12)3-2-4-7(9)14(17)18/h2-4H,1H3,(H,15,16). The van der Waals surface area contributed by atoms with Gasteiger partial charge in [-0.2, -0.15) is 0 Å². The molecule has 0 atom stereocenters. The van der Waals surface area contributed by atoms with E-state index in [1.54, 1.807) is 6.92 Å². The third kappa shape index (κ3) is 2.92. The van der Waals surface area contributed by atoms with Crippen LogP contribution in [-0.4, -0.2) is 21.0 Å². The van der Waals surface area contributed by atoms with E-state index in [0.717, 1.165) is 23.1 Å². The average Bonchev–Trinajstić information content (AvgIpc) is 2.72. The summed E-state index contributed by atoms with van der Waals surface area (Å²) >= 11 is 7.92. The molecule has 0 spiro atoms. The van der Waals surface area contributed by atoms with Gasteiger partial charge in [0.15, 0.2) is 4.34 Å². The van der Waals surface area contributed by atoms with Crippen molar-refractivity contribution in [2.45, 2.75) is 16.2 Å². The number of nitro groups is 1. The van der Waals surface area contributed by atoms with Crippen molar-refractivity contribution in [3.8, 4) is 0 Å². The van der Waals surface area contributed by atoms with Gasteiger partial charge >= 0.3 is 5.97 Å². The summed E-state index contributed by atoms with van der Waals surface area (Å²) in [5.74, 6) is -1.07. The SMILES string of the molecule is Cc1nc(Sc2c(Cl)cccc2[N+](=O)[O-])sc1C(=O)O. The van der Waals surface area contributed by atoms with Gasteiger partial charge in [0.05, 0.1) is 15.6 Å². The van der Waals surface area contributed by atoms with Gasteiger partial charge in [0.25, 0.3) is 5.69 Å². The Balaban J connectivity index is 2.42. The van der Waals surface area contributed by atoms with Crippen molar-refractivity contribution >= 4 is 46.4 Å². The van der Waals surface area contributed by atoms with Gasteiger partial charge in [-0.25, -0.2) is 9.78 Å². The zero-order valence-electron chi connectivity index (χ0n) is 9.99. The number of carboxylic acids is 1. The average molecular weight is 331 g/mol. The first kappa shape index (κ1) is 14.8. The van der Waals surface area contributed by atoms with Crippen molar-refractivity contribution in [2.24, 2.45) is 0 Å². The smallest absolute Gasteiger partial charge is 0.347 e. The number of aromatic carboxylic acids is 1. The fraction of sp³-hybridized carbons (Fsp3) is 0.0909. The van der Waals surface area contributed by atoms with Crippen molar-refractivity contribution in [1.82, 2.24) is 4.98 Å². The van der Waals surface area contributed by atoms with Crippen LogP contribution < -0.4 is 0 Å². The van der Waals surface area contributed by atoms with E-state index in [0.29, 0.717) is 10.0 Å². The molecule has 0 amide bonds. The number of aromatic nitrogens is 1. The van der Waals surface area contributed by atoms with Gasteiger partial charge < -0.3 is 5.11 Å². The molecule has 2 rings (SSSR count). The van der Waals surface area contributed by atoms with Crippen LogP contribution in [0.4, 0.5) is 5.69 Å². The summed E-state index contributed by atoms with van der Waals surface area (Å²) in [7, 11) is 0. The van der Waals surface area contributed by atoms with Crippen LogP contribution in [0.1, 0.15) is 15.4 Å². The summed E-state index contributed by atoms with van der Waals surface area (Å²) in [5.41, 5.74) is 0.243. The minimum atomic E-state index is -1.07. The molecule has 20 heavy (non-hydrogen) atoms. The monoisotopic (exact) mass is 330 g/mol. The van der Waals surface area contributed by atoms with Crippen LogP contribution in [0.15, 0.2) is 27.4 Å². The minimum absolute atomic E-state index is 0.113. The predicted octanol–water partition coefficient (Wildman–Crippen LogP) is 3.86. The lowest BCUT2D eigenvalue weighted by Gasteiger charge is -2.02. The first-order chi connectivity index (χ1) is 9.40. The molecule has 0 aliphatic carbocycles. The van der Waals surface area contributed by atoms with Gasteiger partial charge in [-0.05, 0) is 13.0 Å². The Morgan fingerprint density at radius 1 is 1.55 bits per heavy atom. The highest BCUT2D eigenvalue weighted by Crippen LogP contribution is 2.41. The predicted molar refractivity (Wildman–Crippen MR) is 76.0 cm³/mol. The number of aryl methyl sites for hydroxylation is 1. The Morgan fingerprint density at radius 3 is 2.80 bits per heavy atom. The largest absolute Gasteiger partial charge is 0.477 e. The van der Waals surface area contributed by atoms with Crippen LogP contribution in [0.5, 0.6) is 0 Å². The van der Waals surface area contributed by atoms with Crippen LogP contribution in [0.25, 0.3) is 0 Å². The number of nitrogens with zero attached hydrogens (tertiary/aromatic N) is 2. The molecule has 6 nitrogen and oxygen atoms in total.